The van der Waals surface area contributed by atoms with Crippen LogP contribution in [-0.4, -0.2) is 41.6 Å². The summed E-state index contributed by atoms with van der Waals surface area (Å²) >= 11 is 0. The fourth-order valence-corrected chi connectivity index (χ4v) is 1.00. The van der Waals surface area contributed by atoms with Crippen LogP contribution in [0.15, 0.2) is 0 Å². The van der Waals surface area contributed by atoms with Crippen molar-refractivity contribution >= 4 is 0 Å². The van der Waals surface area contributed by atoms with E-state index in [0.29, 0.717) is 13.1 Å². The highest BCUT2D eigenvalue weighted by atomic mass is 16.3. The first-order valence-electron chi connectivity index (χ1n) is 3.05. The quantitative estimate of drug-likeness (QED) is 0.322. The van der Waals surface area contributed by atoms with Crippen LogP contribution in [0.2, 0.25) is 0 Å². The molecule has 1 saturated heterocycles. The van der Waals surface area contributed by atoms with Crippen LogP contribution in [0, 0.1) is 0 Å². The Labute approximate surface area is 53.7 Å². The third-order valence-corrected chi connectivity index (χ3v) is 1.65. The molecule has 0 aromatic heterocycles. The predicted octanol–water partition coefficient (Wildman–Crippen LogP) is -2.36. The number of aliphatic hydroxyl groups excluding tert-OH is 2. The van der Waals surface area contributed by atoms with E-state index in [1.54, 1.807) is 0 Å². The number of hydrogen-bond donors (Lipinski definition) is 4. The summed E-state index contributed by atoms with van der Waals surface area (Å²) in [5.74, 6) is 0. The molecule has 0 aliphatic carbocycles. The lowest BCUT2D eigenvalue weighted by molar-refractivity contribution is 0.0421. The molecule has 5 N–H and O–H groups in total. The van der Waals surface area contributed by atoms with Crippen molar-refractivity contribution in [2.75, 3.05) is 13.1 Å². The molecular formula is C5H12N2O2. The average molecular weight is 132 g/mol. The molecule has 1 aliphatic rings. The van der Waals surface area contributed by atoms with Gasteiger partial charge < -0.3 is 21.3 Å². The molecule has 3 atom stereocenters. The first kappa shape index (κ1) is 6.95. The van der Waals surface area contributed by atoms with Crippen molar-refractivity contribution in [3.63, 3.8) is 0 Å². The molecular weight excluding hydrogens is 120 g/mol. The van der Waals surface area contributed by atoms with Crippen molar-refractivity contribution in [2.45, 2.75) is 18.2 Å². The van der Waals surface area contributed by atoms with Gasteiger partial charge >= 0.3 is 0 Å². The van der Waals surface area contributed by atoms with Crippen molar-refractivity contribution in [2.24, 2.45) is 5.73 Å². The van der Waals surface area contributed by atoms with Crippen LogP contribution in [-0.2, 0) is 0 Å². The normalized spacial score (nSPS) is 43.7. The number of aliphatic hydroxyl groups is 2. The summed E-state index contributed by atoms with van der Waals surface area (Å²) in [6, 6.07) is -0.125. The maximum atomic E-state index is 9.06. The number of β-amino-alcohol motifs (C(OH)–C–C–N with tert-alkyl or cyclic N) is 1. The first-order chi connectivity index (χ1) is 4.25. The van der Waals surface area contributed by atoms with Crippen LogP contribution in [0.3, 0.4) is 0 Å². The fraction of sp³-hybridized carbons (Fsp3) is 1.00. The summed E-state index contributed by atoms with van der Waals surface area (Å²) < 4.78 is 0. The molecule has 0 aromatic carbocycles. The standard InChI is InChI=1S/C5H12N2O2/c6-1-3-5(9)4(8)2-7-3/h3-5,7-9H,1-2,6H2/t3-,4-,5+/m1/s1. The molecule has 0 amide bonds. The van der Waals surface area contributed by atoms with Crippen LogP contribution in [0.4, 0.5) is 0 Å². The Morgan fingerprint density at radius 1 is 1.56 bits per heavy atom. The molecule has 4 nitrogen and oxygen atoms in total. The maximum Gasteiger partial charge on any atom is 0.0976 e. The highest BCUT2D eigenvalue weighted by Gasteiger charge is 2.31. The van der Waals surface area contributed by atoms with Crippen LogP contribution >= 0.6 is 0 Å². The van der Waals surface area contributed by atoms with Gasteiger partial charge in [0.2, 0.25) is 0 Å². The number of hydrogen-bond acceptors (Lipinski definition) is 4. The molecule has 1 heterocycles. The molecule has 0 aromatic rings. The van der Waals surface area contributed by atoms with Gasteiger partial charge in [-0.05, 0) is 0 Å². The molecule has 0 bridgehead atoms. The minimum atomic E-state index is -0.685. The van der Waals surface area contributed by atoms with Crippen molar-refractivity contribution < 1.29 is 10.2 Å². The monoisotopic (exact) mass is 132 g/mol. The summed E-state index contributed by atoms with van der Waals surface area (Å²) in [4.78, 5) is 0. The van der Waals surface area contributed by atoms with Crippen molar-refractivity contribution in [3.05, 3.63) is 0 Å². The fourth-order valence-electron chi connectivity index (χ4n) is 1.00. The molecule has 54 valence electrons. The molecule has 0 unspecified atom stereocenters. The Morgan fingerprint density at radius 3 is 2.44 bits per heavy atom. The van der Waals surface area contributed by atoms with Crippen LogP contribution in [0.5, 0.6) is 0 Å². The second-order valence-corrected chi connectivity index (χ2v) is 2.31. The third kappa shape index (κ3) is 1.21. The predicted molar refractivity (Wildman–Crippen MR) is 32.9 cm³/mol. The summed E-state index contributed by atoms with van der Waals surface area (Å²) in [5.41, 5.74) is 5.25. The number of nitrogens with two attached hydrogens (primary N) is 1. The van der Waals surface area contributed by atoms with Gasteiger partial charge in [-0.15, -0.1) is 0 Å². The topological polar surface area (TPSA) is 78.5 Å². The molecule has 0 radical (unpaired) electrons. The Hall–Kier alpha value is -0.160. The lowest BCUT2D eigenvalue weighted by Crippen LogP contribution is -2.39. The first-order valence-corrected chi connectivity index (χ1v) is 3.05. The minimum Gasteiger partial charge on any atom is -0.389 e. The van der Waals surface area contributed by atoms with E-state index in [0.717, 1.165) is 0 Å². The Balaban J connectivity index is 2.41. The van der Waals surface area contributed by atoms with E-state index >= 15 is 0 Å². The van der Waals surface area contributed by atoms with Gasteiger partial charge in [-0.1, -0.05) is 0 Å². The molecule has 1 aliphatic heterocycles. The molecule has 1 rings (SSSR count). The van der Waals surface area contributed by atoms with Crippen LogP contribution in [0.25, 0.3) is 0 Å². The molecule has 4 heteroatoms. The number of rotatable bonds is 1. The second kappa shape index (κ2) is 2.62. The summed E-state index contributed by atoms with van der Waals surface area (Å²) in [6.45, 7) is 0.821. The zero-order valence-corrected chi connectivity index (χ0v) is 5.12. The summed E-state index contributed by atoms with van der Waals surface area (Å²) in [6.07, 6.45) is -1.33. The zero-order valence-electron chi connectivity index (χ0n) is 5.12. The summed E-state index contributed by atoms with van der Waals surface area (Å²) in [5, 5.41) is 20.9. The van der Waals surface area contributed by atoms with E-state index in [1.807, 2.05) is 0 Å². The summed E-state index contributed by atoms with van der Waals surface area (Å²) in [7, 11) is 0. The average Bonchev–Trinajstić information content (AvgIpc) is 2.15. The molecule has 9 heavy (non-hydrogen) atoms. The van der Waals surface area contributed by atoms with E-state index < -0.39 is 12.2 Å². The zero-order chi connectivity index (χ0) is 6.85. The van der Waals surface area contributed by atoms with Gasteiger partial charge in [-0.25, -0.2) is 0 Å². The van der Waals surface area contributed by atoms with Gasteiger partial charge in [0.25, 0.3) is 0 Å². The Kier molecular flexibility index (Phi) is 2.02. The largest absolute Gasteiger partial charge is 0.389 e. The van der Waals surface area contributed by atoms with Crippen LogP contribution in [0.1, 0.15) is 0 Å². The maximum absolute atomic E-state index is 9.06. The Morgan fingerprint density at radius 2 is 2.22 bits per heavy atom. The van der Waals surface area contributed by atoms with E-state index in [1.165, 1.54) is 0 Å². The SMILES string of the molecule is NC[C@H]1NC[C@@H](O)[C@H]1O. The smallest absolute Gasteiger partial charge is 0.0976 e. The van der Waals surface area contributed by atoms with Gasteiger partial charge in [0.15, 0.2) is 0 Å². The van der Waals surface area contributed by atoms with E-state index in [4.69, 9.17) is 15.9 Å². The lowest BCUT2D eigenvalue weighted by Gasteiger charge is -2.12. The van der Waals surface area contributed by atoms with E-state index in [2.05, 4.69) is 5.32 Å². The third-order valence-electron chi connectivity index (χ3n) is 1.65. The van der Waals surface area contributed by atoms with E-state index in [-0.39, 0.29) is 6.04 Å². The van der Waals surface area contributed by atoms with Gasteiger partial charge in [-0.3, -0.25) is 0 Å². The van der Waals surface area contributed by atoms with E-state index in [9.17, 15) is 0 Å². The number of nitrogens with one attached hydrogen (secondary N) is 1. The lowest BCUT2D eigenvalue weighted by atomic mass is 10.1. The second-order valence-electron chi connectivity index (χ2n) is 2.31. The Bertz CT molecular complexity index is 99.0. The van der Waals surface area contributed by atoms with Crippen LogP contribution < -0.4 is 11.1 Å². The highest BCUT2D eigenvalue weighted by molar-refractivity contribution is 4.90. The van der Waals surface area contributed by atoms with Crippen molar-refractivity contribution in [3.8, 4) is 0 Å². The van der Waals surface area contributed by atoms with Gasteiger partial charge in [-0.2, -0.15) is 0 Å². The van der Waals surface area contributed by atoms with Gasteiger partial charge in [0, 0.05) is 19.1 Å². The molecule has 1 fully saturated rings. The van der Waals surface area contributed by atoms with Gasteiger partial charge in [0.05, 0.1) is 12.2 Å². The molecule has 0 spiro atoms. The van der Waals surface area contributed by atoms with Crippen molar-refractivity contribution in [1.82, 2.24) is 5.32 Å². The van der Waals surface area contributed by atoms with Gasteiger partial charge in [0.1, 0.15) is 0 Å². The van der Waals surface area contributed by atoms with Crippen molar-refractivity contribution in [1.29, 1.82) is 0 Å². The highest BCUT2D eigenvalue weighted by Crippen LogP contribution is 2.05. The minimum absolute atomic E-state index is 0.125. The molecule has 0 saturated carbocycles.